The predicted molar refractivity (Wildman–Crippen MR) is 157 cm³/mol. The van der Waals surface area contributed by atoms with Gasteiger partial charge in [0.25, 0.3) is 5.56 Å². The largest absolute Gasteiger partial charge is 0.458 e. The van der Waals surface area contributed by atoms with Gasteiger partial charge >= 0.3 is 5.97 Å². The molecule has 7 heteroatoms. The number of hydrogen-bond donors (Lipinski definition) is 2. The van der Waals surface area contributed by atoms with Crippen molar-refractivity contribution in [2.45, 2.75) is 93.5 Å². The number of rotatable bonds is 3. The summed E-state index contributed by atoms with van der Waals surface area (Å²) in [6, 6.07) is 1.77. The van der Waals surface area contributed by atoms with Gasteiger partial charge in [-0.15, -0.1) is 0 Å². The minimum Gasteiger partial charge on any atom is -0.458 e. The molecule has 0 radical (unpaired) electrons. The van der Waals surface area contributed by atoms with Crippen LogP contribution in [-0.2, 0) is 34.8 Å². The molecule has 1 atom stereocenters. The Kier molecular flexibility index (Phi) is 5.63. The number of fused-ring (bicyclic) bond motifs is 5. The third-order valence-electron chi connectivity index (χ3n) is 9.75. The topological polar surface area (TPSA) is 107 Å². The quantitative estimate of drug-likeness (QED) is 0.341. The van der Waals surface area contributed by atoms with E-state index in [1.807, 2.05) is 0 Å². The van der Waals surface area contributed by atoms with Crippen molar-refractivity contribution in [3.05, 3.63) is 67.0 Å². The fraction of sp³-hybridized carbons (Fsp3) is 0.485. The number of pyridine rings is 2. The van der Waals surface area contributed by atoms with E-state index in [0.717, 1.165) is 34.0 Å². The molecule has 0 amide bonds. The van der Waals surface area contributed by atoms with Gasteiger partial charge in [0.15, 0.2) is 5.60 Å². The van der Waals surface area contributed by atoms with Crippen molar-refractivity contribution < 1.29 is 14.6 Å². The fourth-order valence-electron chi connectivity index (χ4n) is 7.68. The highest BCUT2D eigenvalue weighted by Crippen LogP contribution is 2.55. The summed E-state index contributed by atoms with van der Waals surface area (Å²) in [6.07, 6.45) is 3.58. The molecule has 7 nitrogen and oxygen atoms in total. The standard InChI is InChI=1S/C33H39N3O4/c1-9-33(39)22-10-24-28-20(13-36(24)29(37)21(22)14-40-30(33)38)19(12-34)26-25(17(3)16(2)18(4)27(26)35-28)23-11-31(5,6)15-32(23,7)8/h10-11,39H,9,12-15,34H2,1-8H3/t33-/m0/s1. The van der Waals surface area contributed by atoms with Crippen LogP contribution >= 0.6 is 0 Å². The van der Waals surface area contributed by atoms with E-state index in [1.165, 1.54) is 22.3 Å². The monoisotopic (exact) mass is 541 g/mol. The SMILES string of the molecule is CC[C@@]1(O)C(=O)OCc2c1cc1n(c2=O)Cc2c-1nc1c(C)c(C)c(C)c(C3=CC(C)(C)CC3(C)C)c1c2CN. The zero-order chi connectivity index (χ0) is 29.1. The Balaban J connectivity index is 1.71. The van der Waals surface area contributed by atoms with E-state index in [1.54, 1.807) is 17.6 Å². The Labute approximate surface area is 235 Å². The van der Waals surface area contributed by atoms with Crippen LogP contribution in [0.15, 0.2) is 16.9 Å². The number of esters is 1. The molecule has 2 aliphatic heterocycles. The molecule has 3 aromatic rings. The molecule has 0 saturated carbocycles. The third kappa shape index (κ3) is 3.40. The number of allylic oxidation sites excluding steroid dienone is 2. The van der Waals surface area contributed by atoms with Gasteiger partial charge in [0.2, 0.25) is 0 Å². The van der Waals surface area contributed by atoms with E-state index in [-0.39, 0.29) is 29.4 Å². The predicted octanol–water partition coefficient (Wildman–Crippen LogP) is 5.30. The van der Waals surface area contributed by atoms with Gasteiger partial charge in [-0.3, -0.25) is 4.79 Å². The van der Waals surface area contributed by atoms with Gasteiger partial charge < -0.3 is 20.1 Å². The van der Waals surface area contributed by atoms with Gasteiger partial charge in [-0.25, -0.2) is 9.78 Å². The molecule has 0 unspecified atom stereocenters. The summed E-state index contributed by atoms with van der Waals surface area (Å²) in [5, 5.41) is 12.3. The van der Waals surface area contributed by atoms with E-state index in [2.05, 4.69) is 54.5 Å². The van der Waals surface area contributed by atoms with Crippen LogP contribution in [0.25, 0.3) is 27.9 Å². The van der Waals surface area contributed by atoms with Crippen molar-refractivity contribution in [1.82, 2.24) is 9.55 Å². The molecule has 2 aromatic heterocycles. The molecule has 210 valence electrons. The van der Waals surface area contributed by atoms with Gasteiger partial charge in [0, 0.05) is 23.1 Å². The maximum atomic E-state index is 13.8. The van der Waals surface area contributed by atoms with Gasteiger partial charge in [-0.05, 0) is 83.9 Å². The molecule has 3 N–H and O–H groups in total. The summed E-state index contributed by atoms with van der Waals surface area (Å²) < 4.78 is 6.94. The van der Waals surface area contributed by atoms with Gasteiger partial charge in [0.05, 0.1) is 29.0 Å². The number of benzene rings is 1. The van der Waals surface area contributed by atoms with Gasteiger partial charge in [0.1, 0.15) is 6.61 Å². The number of nitrogens with two attached hydrogens (primary N) is 1. The lowest BCUT2D eigenvalue weighted by molar-refractivity contribution is -0.172. The molecular weight excluding hydrogens is 502 g/mol. The summed E-state index contributed by atoms with van der Waals surface area (Å²) >= 11 is 0. The Hall–Kier alpha value is -3.29. The second kappa shape index (κ2) is 8.37. The molecule has 1 aromatic carbocycles. The molecule has 4 heterocycles. The van der Waals surface area contributed by atoms with Crippen LogP contribution in [0.3, 0.4) is 0 Å². The number of cyclic esters (lactones) is 1. The van der Waals surface area contributed by atoms with Crippen LogP contribution < -0.4 is 11.3 Å². The normalized spacial score (nSPS) is 22.1. The van der Waals surface area contributed by atoms with Crippen molar-refractivity contribution in [2.24, 2.45) is 16.6 Å². The van der Waals surface area contributed by atoms with Crippen LogP contribution in [-0.4, -0.2) is 20.6 Å². The highest BCUT2D eigenvalue weighted by atomic mass is 16.6. The fourth-order valence-corrected chi connectivity index (χ4v) is 7.68. The first-order chi connectivity index (χ1) is 18.7. The second-order valence-corrected chi connectivity index (χ2v) is 13.3. The van der Waals surface area contributed by atoms with Crippen LogP contribution in [0.1, 0.15) is 92.0 Å². The Bertz CT molecular complexity index is 1760. The number of aromatic nitrogens is 2. The van der Waals surface area contributed by atoms with Crippen molar-refractivity contribution in [1.29, 1.82) is 0 Å². The number of nitrogens with zero attached hydrogens (tertiary/aromatic N) is 2. The van der Waals surface area contributed by atoms with E-state index < -0.39 is 11.6 Å². The Morgan fingerprint density at radius 3 is 2.38 bits per heavy atom. The lowest BCUT2D eigenvalue weighted by Crippen LogP contribution is -2.44. The number of carbonyl (C=O) groups excluding carboxylic acids is 1. The van der Waals surface area contributed by atoms with Gasteiger partial charge in [-0.2, -0.15) is 0 Å². The summed E-state index contributed by atoms with van der Waals surface area (Å²) in [5.74, 6) is -0.721. The molecule has 40 heavy (non-hydrogen) atoms. The van der Waals surface area contributed by atoms with E-state index in [0.29, 0.717) is 35.6 Å². The lowest BCUT2D eigenvalue weighted by Gasteiger charge is -2.31. The molecule has 0 fully saturated rings. The molecule has 0 bridgehead atoms. The summed E-state index contributed by atoms with van der Waals surface area (Å²) in [7, 11) is 0. The number of carbonyl (C=O) groups is 1. The average Bonchev–Trinajstić information content (AvgIpc) is 3.37. The summed E-state index contributed by atoms with van der Waals surface area (Å²) in [5.41, 5.74) is 15.3. The highest BCUT2D eigenvalue weighted by molar-refractivity contribution is 6.02. The first-order valence-corrected chi connectivity index (χ1v) is 14.2. The molecule has 1 aliphatic carbocycles. The van der Waals surface area contributed by atoms with Crippen LogP contribution in [0, 0.1) is 31.6 Å². The van der Waals surface area contributed by atoms with Crippen LogP contribution in [0.5, 0.6) is 0 Å². The van der Waals surface area contributed by atoms with Crippen molar-refractivity contribution in [3.63, 3.8) is 0 Å². The molecule has 0 spiro atoms. The van der Waals surface area contributed by atoms with Crippen molar-refractivity contribution in [3.8, 4) is 11.4 Å². The molecular formula is C33H39N3O4. The minimum absolute atomic E-state index is 0.0239. The first kappa shape index (κ1) is 26.9. The first-order valence-electron chi connectivity index (χ1n) is 14.2. The third-order valence-corrected chi connectivity index (χ3v) is 9.75. The zero-order valence-electron chi connectivity index (χ0n) is 24.8. The summed E-state index contributed by atoms with van der Waals surface area (Å²) in [4.78, 5) is 31.6. The second-order valence-electron chi connectivity index (χ2n) is 13.3. The average molecular weight is 542 g/mol. The number of aliphatic hydroxyl groups is 1. The number of ether oxygens (including phenoxy) is 1. The van der Waals surface area contributed by atoms with E-state index in [4.69, 9.17) is 15.5 Å². The minimum atomic E-state index is -1.86. The smallest absolute Gasteiger partial charge is 0.343 e. The lowest BCUT2D eigenvalue weighted by atomic mass is 9.75. The van der Waals surface area contributed by atoms with Crippen LogP contribution in [0.2, 0.25) is 0 Å². The number of aryl methyl sites for hydroxylation is 1. The number of hydrogen-bond acceptors (Lipinski definition) is 6. The van der Waals surface area contributed by atoms with E-state index >= 15 is 0 Å². The molecule has 3 aliphatic rings. The summed E-state index contributed by atoms with van der Waals surface area (Å²) in [6.45, 7) is 17.9. The Morgan fingerprint density at radius 1 is 1.07 bits per heavy atom. The molecule has 0 saturated heterocycles. The van der Waals surface area contributed by atoms with Crippen molar-refractivity contribution >= 4 is 22.4 Å². The zero-order valence-corrected chi connectivity index (χ0v) is 24.8. The van der Waals surface area contributed by atoms with Crippen LogP contribution in [0.4, 0.5) is 0 Å². The van der Waals surface area contributed by atoms with Crippen molar-refractivity contribution in [2.75, 3.05) is 0 Å². The highest BCUT2D eigenvalue weighted by Gasteiger charge is 2.46. The van der Waals surface area contributed by atoms with E-state index in [9.17, 15) is 14.7 Å². The molecule has 6 rings (SSSR count). The maximum Gasteiger partial charge on any atom is 0.343 e. The maximum absolute atomic E-state index is 13.8. The van der Waals surface area contributed by atoms with Gasteiger partial charge in [-0.1, -0.05) is 40.7 Å². The Morgan fingerprint density at radius 2 is 1.77 bits per heavy atom.